The molecule has 4 nitrogen and oxygen atoms in total. The molecule has 136 valence electrons. The van der Waals surface area contributed by atoms with Gasteiger partial charge in [0.05, 0.1) is 0 Å². The molecule has 0 saturated heterocycles. The number of benzene rings is 2. The normalized spacial score (nSPS) is 16.0. The van der Waals surface area contributed by atoms with Crippen LogP contribution in [0.2, 0.25) is 0 Å². The maximum absolute atomic E-state index is 12.8. The first-order valence-corrected chi connectivity index (χ1v) is 9.19. The van der Waals surface area contributed by atoms with E-state index in [4.69, 9.17) is 4.74 Å². The summed E-state index contributed by atoms with van der Waals surface area (Å²) in [6.07, 6.45) is 4.79. The topological polar surface area (TPSA) is 63.6 Å². The predicted molar refractivity (Wildman–Crippen MR) is 99.2 cm³/mol. The van der Waals surface area contributed by atoms with E-state index in [2.05, 4.69) is 0 Å². The molecule has 0 spiro atoms. The molecule has 0 aromatic heterocycles. The monoisotopic (exact) mass is 352 g/mol. The molecule has 1 aliphatic carbocycles. The molecule has 1 atom stereocenters. The van der Waals surface area contributed by atoms with Gasteiger partial charge in [0.15, 0.2) is 5.78 Å². The summed E-state index contributed by atoms with van der Waals surface area (Å²) in [4.78, 5) is 24.4. The van der Waals surface area contributed by atoms with Crippen molar-refractivity contribution in [1.29, 1.82) is 0 Å². The van der Waals surface area contributed by atoms with Crippen LogP contribution >= 0.6 is 0 Å². The third-order valence-electron chi connectivity index (χ3n) is 5.06. The number of ether oxygens (including phenoxy) is 1. The van der Waals surface area contributed by atoms with Crippen LogP contribution in [-0.2, 0) is 11.4 Å². The Kier molecular flexibility index (Phi) is 6.05. The number of hydrogen-bond donors (Lipinski definition) is 1. The summed E-state index contributed by atoms with van der Waals surface area (Å²) in [7, 11) is 0. The van der Waals surface area contributed by atoms with Gasteiger partial charge in [-0.2, -0.15) is 0 Å². The number of aliphatic carboxylic acids is 1. The zero-order valence-electron chi connectivity index (χ0n) is 14.8. The van der Waals surface area contributed by atoms with Crippen molar-refractivity contribution >= 4 is 11.8 Å². The molecule has 3 rings (SSSR count). The van der Waals surface area contributed by atoms with E-state index < -0.39 is 11.9 Å². The van der Waals surface area contributed by atoms with Gasteiger partial charge in [-0.15, -0.1) is 0 Å². The Morgan fingerprint density at radius 3 is 2.23 bits per heavy atom. The third-order valence-corrected chi connectivity index (χ3v) is 5.06. The SMILES string of the molecule is O=C(O)C(C(=O)c1ccc(OCc2ccccc2)cc1)C1CCCCC1. The highest BCUT2D eigenvalue weighted by Crippen LogP contribution is 2.32. The summed E-state index contributed by atoms with van der Waals surface area (Å²) in [6, 6.07) is 16.6. The quantitative estimate of drug-likeness (QED) is 0.578. The van der Waals surface area contributed by atoms with Crippen molar-refractivity contribution < 1.29 is 19.4 Å². The van der Waals surface area contributed by atoms with Crippen LogP contribution in [0.5, 0.6) is 5.75 Å². The van der Waals surface area contributed by atoms with Gasteiger partial charge in [0.1, 0.15) is 18.3 Å². The maximum atomic E-state index is 12.8. The van der Waals surface area contributed by atoms with Crippen LogP contribution < -0.4 is 4.74 Å². The predicted octanol–water partition coefficient (Wildman–Crippen LogP) is 4.73. The average Bonchev–Trinajstić information content (AvgIpc) is 2.68. The van der Waals surface area contributed by atoms with Gasteiger partial charge >= 0.3 is 5.97 Å². The van der Waals surface area contributed by atoms with Gasteiger partial charge in [0, 0.05) is 5.56 Å². The second-order valence-electron chi connectivity index (χ2n) is 6.88. The van der Waals surface area contributed by atoms with E-state index in [1.807, 2.05) is 30.3 Å². The lowest BCUT2D eigenvalue weighted by atomic mass is 9.77. The summed E-state index contributed by atoms with van der Waals surface area (Å²) in [6.45, 7) is 0.452. The molecule has 4 heteroatoms. The van der Waals surface area contributed by atoms with E-state index in [1.54, 1.807) is 24.3 Å². The Bertz CT molecular complexity index is 730. The molecule has 1 saturated carbocycles. The molecular formula is C22H24O4. The number of carboxylic acid groups (broad SMARTS) is 1. The van der Waals surface area contributed by atoms with Crippen molar-refractivity contribution in [3.05, 3.63) is 65.7 Å². The van der Waals surface area contributed by atoms with Crippen LogP contribution in [0.1, 0.15) is 48.0 Å². The fraction of sp³-hybridized carbons (Fsp3) is 0.364. The summed E-state index contributed by atoms with van der Waals surface area (Å²) in [5, 5.41) is 9.58. The van der Waals surface area contributed by atoms with Gasteiger partial charge in [0.2, 0.25) is 0 Å². The highest BCUT2D eigenvalue weighted by molar-refractivity contribution is 6.08. The fourth-order valence-corrected chi connectivity index (χ4v) is 3.63. The Hall–Kier alpha value is -2.62. The van der Waals surface area contributed by atoms with Crippen molar-refractivity contribution in [2.24, 2.45) is 11.8 Å². The average molecular weight is 352 g/mol. The van der Waals surface area contributed by atoms with Crippen LogP contribution in [0.3, 0.4) is 0 Å². The maximum Gasteiger partial charge on any atom is 0.314 e. The van der Waals surface area contributed by atoms with Crippen LogP contribution in [0.15, 0.2) is 54.6 Å². The van der Waals surface area contributed by atoms with Crippen molar-refractivity contribution in [3.8, 4) is 5.75 Å². The number of ketones is 1. The van der Waals surface area contributed by atoms with E-state index in [0.717, 1.165) is 37.7 Å². The van der Waals surface area contributed by atoms with Gasteiger partial charge in [-0.05, 0) is 48.6 Å². The van der Waals surface area contributed by atoms with Crippen LogP contribution in [-0.4, -0.2) is 16.9 Å². The minimum absolute atomic E-state index is 0.0530. The Balaban J connectivity index is 1.66. The Labute approximate surface area is 153 Å². The van der Waals surface area contributed by atoms with Crippen molar-refractivity contribution in [2.45, 2.75) is 38.7 Å². The second-order valence-corrected chi connectivity index (χ2v) is 6.88. The molecule has 1 unspecified atom stereocenters. The first-order valence-electron chi connectivity index (χ1n) is 9.19. The number of carbonyl (C=O) groups excluding carboxylic acids is 1. The Morgan fingerprint density at radius 1 is 0.962 bits per heavy atom. The molecule has 2 aromatic carbocycles. The van der Waals surface area contributed by atoms with E-state index >= 15 is 0 Å². The van der Waals surface area contributed by atoms with Crippen molar-refractivity contribution in [1.82, 2.24) is 0 Å². The third kappa shape index (κ3) is 4.51. The van der Waals surface area contributed by atoms with Crippen LogP contribution in [0, 0.1) is 11.8 Å². The summed E-state index contributed by atoms with van der Waals surface area (Å²) >= 11 is 0. The Morgan fingerprint density at radius 2 is 1.62 bits per heavy atom. The number of carbonyl (C=O) groups is 2. The van der Waals surface area contributed by atoms with Crippen LogP contribution in [0.25, 0.3) is 0 Å². The first-order chi connectivity index (χ1) is 12.6. The number of hydrogen-bond acceptors (Lipinski definition) is 3. The lowest BCUT2D eigenvalue weighted by Crippen LogP contribution is -2.32. The van der Waals surface area contributed by atoms with Gasteiger partial charge in [-0.3, -0.25) is 9.59 Å². The standard InChI is InChI=1S/C22H24O4/c23-21(20(22(24)25)17-9-5-2-6-10-17)18-11-13-19(14-12-18)26-15-16-7-3-1-4-8-16/h1,3-4,7-8,11-14,17,20H,2,5-6,9-10,15H2,(H,24,25). The van der Waals surface area contributed by atoms with Gasteiger partial charge in [-0.1, -0.05) is 49.6 Å². The lowest BCUT2D eigenvalue weighted by Gasteiger charge is -2.26. The number of carboxylic acids is 1. The molecule has 1 aliphatic rings. The molecule has 1 N–H and O–H groups in total. The molecule has 0 radical (unpaired) electrons. The van der Waals surface area contributed by atoms with Crippen LogP contribution in [0.4, 0.5) is 0 Å². The van der Waals surface area contributed by atoms with Gasteiger partial charge < -0.3 is 9.84 Å². The zero-order valence-corrected chi connectivity index (χ0v) is 14.8. The van der Waals surface area contributed by atoms with E-state index in [9.17, 15) is 14.7 Å². The molecule has 0 aliphatic heterocycles. The number of rotatable bonds is 7. The van der Waals surface area contributed by atoms with E-state index in [-0.39, 0.29) is 11.7 Å². The van der Waals surface area contributed by atoms with Crippen molar-refractivity contribution in [3.63, 3.8) is 0 Å². The highest BCUT2D eigenvalue weighted by Gasteiger charge is 2.35. The zero-order chi connectivity index (χ0) is 18.4. The van der Waals surface area contributed by atoms with E-state index in [0.29, 0.717) is 17.9 Å². The van der Waals surface area contributed by atoms with Gasteiger partial charge in [-0.25, -0.2) is 0 Å². The minimum Gasteiger partial charge on any atom is -0.489 e. The van der Waals surface area contributed by atoms with Gasteiger partial charge in [0.25, 0.3) is 0 Å². The molecule has 0 heterocycles. The molecule has 26 heavy (non-hydrogen) atoms. The summed E-state index contributed by atoms with van der Waals surface area (Å²) in [5.74, 6) is -1.63. The summed E-state index contributed by atoms with van der Waals surface area (Å²) in [5.41, 5.74) is 1.51. The molecule has 2 aromatic rings. The summed E-state index contributed by atoms with van der Waals surface area (Å²) < 4.78 is 5.72. The number of Topliss-reactive ketones (excluding diaryl/α,β-unsaturated/α-hetero) is 1. The molecule has 1 fully saturated rings. The minimum atomic E-state index is -1.01. The lowest BCUT2D eigenvalue weighted by molar-refractivity contribution is -0.142. The van der Waals surface area contributed by atoms with E-state index in [1.165, 1.54) is 0 Å². The smallest absolute Gasteiger partial charge is 0.314 e. The first kappa shape index (κ1) is 18.2. The second kappa shape index (κ2) is 8.65. The fourth-order valence-electron chi connectivity index (χ4n) is 3.63. The largest absolute Gasteiger partial charge is 0.489 e. The highest BCUT2D eigenvalue weighted by atomic mass is 16.5. The molecular weight excluding hydrogens is 328 g/mol. The van der Waals surface area contributed by atoms with Crippen molar-refractivity contribution in [2.75, 3.05) is 0 Å². The molecule has 0 bridgehead atoms. The molecule has 0 amide bonds.